The van der Waals surface area contributed by atoms with Crippen LogP contribution < -0.4 is 23.7 Å². The first-order valence-electron chi connectivity index (χ1n) is 12.4. The normalized spacial score (nSPS) is 21.2. The van der Waals surface area contributed by atoms with Gasteiger partial charge in [0, 0.05) is 17.4 Å². The van der Waals surface area contributed by atoms with Crippen LogP contribution in [-0.4, -0.2) is 54.1 Å². The van der Waals surface area contributed by atoms with Crippen LogP contribution in [0.4, 0.5) is 0 Å². The van der Waals surface area contributed by atoms with Crippen LogP contribution in [-0.2, 0) is 14.3 Å². The molecule has 0 N–H and O–H groups in total. The molecule has 0 aromatic heterocycles. The lowest BCUT2D eigenvalue weighted by atomic mass is 9.66. The van der Waals surface area contributed by atoms with E-state index in [2.05, 4.69) is 0 Å². The van der Waals surface area contributed by atoms with E-state index in [0.717, 1.165) is 11.1 Å². The van der Waals surface area contributed by atoms with Crippen molar-refractivity contribution in [2.45, 2.75) is 12.0 Å². The number of hydrogen-bond acceptors (Lipinski definition) is 9. The quantitative estimate of drug-likeness (QED) is 0.385. The highest BCUT2D eigenvalue weighted by Crippen LogP contribution is 2.56. The number of ether oxygens (including phenoxy) is 7. The molecule has 9 heteroatoms. The van der Waals surface area contributed by atoms with Gasteiger partial charge in [0.1, 0.15) is 6.10 Å². The highest BCUT2D eigenvalue weighted by atomic mass is 16.6. The molecule has 1 aliphatic carbocycles. The number of hydrogen-bond donors (Lipinski definition) is 0. The average molecular weight is 535 g/mol. The third-order valence-corrected chi connectivity index (χ3v) is 7.42. The van der Waals surface area contributed by atoms with Gasteiger partial charge in [-0.05, 0) is 47.5 Å². The molecule has 3 aromatic carbocycles. The minimum absolute atomic E-state index is 0.102. The minimum atomic E-state index is -0.762. The molecular weight excluding hydrogens is 504 g/mol. The summed E-state index contributed by atoms with van der Waals surface area (Å²) in [6, 6.07) is 16.0. The zero-order chi connectivity index (χ0) is 27.7. The molecule has 2 aliphatic rings. The van der Waals surface area contributed by atoms with Crippen molar-refractivity contribution >= 4 is 11.9 Å². The number of fused-ring (bicyclic) bond motifs is 2. The molecule has 3 aromatic rings. The SMILES string of the molecule is COc1cc2c(cc1OC)[C@H](OC(=O)c1ccccc1)[C@H]1COC(=O)[C@@H]1[C@@H]2c1cc(OC)c(OC)c(OC)c1. The Morgan fingerprint density at radius 1 is 0.769 bits per heavy atom. The van der Waals surface area contributed by atoms with Gasteiger partial charge in [0.15, 0.2) is 23.0 Å². The van der Waals surface area contributed by atoms with Crippen molar-refractivity contribution in [1.82, 2.24) is 0 Å². The topological polar surface area (TPSA) is 98.8 Å². The van der Waals surface area contributed by atoms with Gasteiger partial charge >= 0.3 is 11.9 Å². The van der Waals surface area contributed by atoms with Gasteiger partial charge in [-0.15, -0.1) is 0 Å². The molecule has 1 aliphatic heterocycles. The van der Waals surface area contributed by atoms with Crippen molar-refractivity contribution in [1.29, 1.82) is 0 Å². The molecule has 0 spiro atoms. The Balaban J connectivity index is 1.72. The largest absolute Gasteiger partial charge is 0.493 e. The standard InChI is InChI=1S/C30H30O9/c1-33-21-13-18-19(14-22(21)34-2)27(39-29(31)16-9-7-6-8-10-16)20-15-38-30(32)26(20)25(18)17-11-23(35-3)28(37-5)24(12-17)36-4/h6-14,20,25-27H,15H2,1-5H3/t20-,25+,26-,27-/m0/s1. The summed E-state index contributed by atoms with van der Waals surface area (Å²) in [5.74, 6) is -0.148. The first-order chi connectivity index (χ1) is 18.9. The van der Waals surface area contributed by atoms with Crippen molar-refractivity contribution in [3.8, 4) is 28.7 Å². The molecule has 204 valence electrons. The lowest BCUT2D eigenvalue weighted by molar-refractivity contribution is -0.141. The van der Waals surface area contributed by atoms with Crippen LogP contribution in [0.2, 0.25) is 0 Å². The third-order valence-electron chi connectivity index (χ3n) is 7.42. The molecule has 0 bridgehead atoms. The fourth-order valence-electron chi connectivity index (χ4n) is 5.64. The van der Waals surface area contributed by atoms with Crippen LogP contribution in [0, 0.1) is 11.8 Å². The van der Waals surface area contributed by atoms with Gasteiger partial charge in [-0.25, -0.2) is 4.79 Å². The summed E-state index contributed by atoms with van der Waals surface area (Å²) in [5.41, 5.74) is 2.61. The molecular formula is C30H30O9. The maximum atomic E-state index is 13.3. The fourth-order valence-corrected chi connectivity index (χ4v) is 5.64. The fraction of sp³-hybridized carbons (Fsp3) is 0.333. The molecule has 0 unspecified atom stereocenters. The summed E-state index contributed by atoms with van der Waals surface area (Å²) in [6.07, 6.45) is -0.762. The number of carbonyl (C=O) groups excluding carboxylic acids is 2. The van der Waals surface area contributed by atoms with Crippen LogP contribution in [0.25, 0.3) is 0 Å². The van der Waals surface area contributed by atoms with E-state index in [9.17, 15) is 9.59 Å². The van der Waals surface area contributed by atoms with E-state index in [1.54, 1.807) is 44.6 Å². The molecule has 4 atom stereocenters. The van der Waals surface area contributed by atoms with Crippen LogP contribution in [0.1, 0.15) is 39.1 Å². The predicted molar refractivity (Wildman–Crippen MR) is 140 cm³/mol. The summed E-state index contributed by atoms with van der Waals surface area (Å²) >= 11 is 0. The lowest BCUT2D eigenvalue weighted by Crippen LogP contribution is -2.36. The Bertz CT molecular complexity index is 1360. The third kappa shape index (κ3) is 4.47. The van der Waals surface area contributed by atoms with Gasteiger partial charge in [0.2, 0.25) is 5.75 Å². The molecule has 0 saturated carbocycles. The number of rotatable bonds is 8. The Morgan fingerprint density at radius 2 is 1.36 bits per heavy atom. The van der Waals surface area contributed by atoms with Crippen molar-refractivity contribution in [2.24, 2.45) is 11.8 Å². The first-order valence-corrected chi connectivity index (χ1v) is 12.4. The Morgan fingerprint density at radius 3 is 1.92 bits per heavy atom. The van der Waals surface area contributed by atoms with Gasteiger partial charge in [0.25, 0.3) is 0 Å². The first kappa shape index (κ1) is 26.2. The smallest absolute Gasteiger partial charge is 0.338 e. The lowest BCUT2D eigenvalue weighted by Gasteiger charge is -2.39. The second-order valence-corrected chi connectivity index (χ2v) is 9.28. The van der Waals surface area contributed by atoms with Gasteiger partial charge in [-0.1, -0.05) is 18.2 Å². The zero-order valence-corrected chi connectivity index (χ0v) is 22.4. The summed E-state index contributed by atoms with van der Waals surface area (Å²) in [4.78, 5) is 26.5. The monoisotopic (exact) mass is 534 g/mol. The number of carbonyl (C=O) groups is 2. The van der Waals surface area contributed by atoms with Crippen LogP contribution >= 0.6 is 0 Å². The van der Waals surface area contributed by atoms with Crippen molar-refractivity contribution in [3.63, 3.8) is 0 Å². The summed E-state index contributed by atoms with van der Waals surface area (Å²) in [6.45, 7) is 0.102. The number of benzene rings is 3. The molecule has 9 nitrogen and oxygen atoms in total. The number of cyclic esters (lactones) is 1. The van der Waals surface area contributed by atoms with Crippen molar-refractivity contribution < 1.29 is 42.7 Å². The van der Waals surface area contributed by atoms with E-state index < -0.39 is 29.8 Å². The number of methoxy groups -OCH3 is 5. The van der Waals surface area contributed by atoms with E-state index >= 15 is 0 Å². The molecule has 1 saturated heterocycles. The van der Waals surface area contributed by atoms with Gasteiger partial charge in [-0.2, -0.15) is 0 Å². The van der Waals surface area contributed by atoms with Crippen LogP contribution in [0.15, 0.2) is 54.6 Å². The molecule has 0 radical (unpaired) electrons. The Labute approximate surface area is 226 Å². The van der Waals surface area contributed by atoms with E-state index in [0.29, 0.717) is 39.9 Å². The van der Waals surface area contributed by atoms with E-state index in [-0.39, 0.29) is 12.6 Å². The molecule has 0 amide bonds. The maximum absolute atomic E-state index is 13.3. The van der Waals surface area contributed by atoms with Crippen molar-refractivity contribution in [3.05, 3.63) is 76.9 Å². The van der Waals surface area contributed by atoms with E-state index in [4.69, 9.17) is 33.2 Å². The van der Waals surface area contributed by atoms with Gasteiger partial charge in [0.05, 0.1) is 53.6 Å². The van der Waals surface area contributed by atoms with Crippen molar-refractivity contribution in [2.75, 3.05) is 42.2 Å². The highest BCUT2D eigenvalue weighted by molar-refractivity contribution is 5.89. The Kier molecular flexibility index (Phi) is 7.24. The summed E-state index contributed by atoms with van der Waals surface area (Å²) < 4.78 is 39.6. The molecule has 1 heterocycles. The van der Waals surface area contributed by atoms with E-state index in [1.807, 2.05) is 24.3 Å². The minimum Gasteiger partial charge on any atom is -0.493 e. The Hall–Kier alpha value is -4.40. The zero-order valence-electron chi connectivity index (χ0n) is 22.4. The number of esters is 2. The highest BCUT2D eigenvalue weighted by Gasteiger charge is 2.54. The molecule has 1 fully saturated rings. The second-order valence-electron chi connectivity index (χ2n) is 9.28. The second kappa shape index (κ2) is 10.8. The maximum Gasteiger partial charge on any atom is 0.338 e. The van der Waals surface area contributed by atoms with Gasteiger partial charge in [-0.3, -0.25) is 4.79 Å². The van der Waals surface area contributed by atoms with E-state index in [1.165, 1.54) is 21.3 Å². The van der Waals surface area contributed by atoms with Gasteiger partial charge < -0.3 is 33.2 Å². The average Bonchev–Trinajstić information content (AvgIpc) is 3.36. The summed E-state index contributed by atoms with van der Waals surface area (Å²) in [7, 11) is 7.69. The predicted octanol–water partition coefficient (Wildman–Crippen LogP) is 4.56. The van der Waals surface area contributed by atoms with Crippen LogP contribution in [0.5, 0.6) is 28.7 Å². The summed E-state index contributed by atoms with van der Waals surface area (Å²) in [5, 5.41) is 0. The molecule has 39 heavy (non-hydrogen) atoms. The van der Waals surface area contributed by atoms with Crippen LogP contribution in [0.3, 0.4) is 0 Å². The molecule has 5 rings (SSSR count).